The van der Waals surface area contributed by atoms with Crippen molar-refractivity contribution in [1.29, 1.82) is 0 Å². The number of hydrogen-bond donors (Lipinski definition) is 1. The van der Waals surface area contributed by atoms with Gasteiger partial charge < -0.3 is 23.9 Å². The molecule has 0 unspecified atom stereocenters. The summed E-state index contributed by atoms with van der Waals surface area (Å²) in [5, 5.41) is 1.05. The van der Waals surface area contributed by atoms with Crippen molar-refractivity contribution in [3.63, 3.8) is 0 Å². The molecule has 4 heterocycles. The SMILES string of the molecule is C[C@@H]1CN(c2cnc3[nH]cc(B4OC(C)(C)C(C)(C)O4)c3c2)C[C@H](C)O1. The Hall–Kier alpha value is -1.57. The molecule has 2 aliphatic rings. The van der Waals surface area contributed by atoms with E-state index in [0.29, 0.717) is 0 Å². The highest BCUT2D eigenvalue weighted by atomic mass is 16.7. The molecule has 140 valence electrons. The lowest BCUT2D eigenvalue weighted by atomic mass is 9.79. The number of ether oxygens (including phenoxy) is 1. The van der Waals surface area contributed by atoms with E-state index < -0.39 is 7.12 Å². The van der Waals surface area contributed by atoms with E-state index in [0.717, 1.165) is 35.3 Å². The molecule has 0 radical (unpaired) electrons. The Kier molecular flexibility index (Phi) is 4.10. The Balaban J connectivity index is 1.68. The van der Waals surface area contributed by atoms with E-state index in [4.69, 9.17) is 14.0 Å². The Morgan fingerprint density at radius 3 is 2.35 bits per heavy atom. The lowest BCUT2D eigenvalue weighted by Crippen LogP contribution is -2.45. The highest BCUT2D eigenvalue weighted by molar-refractivity contribution is 6.65. The average Bonchev–Trinajstić information content (AvgIpc) is 3.04. The van der Waals surface area contributed by atoms with Crippen LogP contribution < -0.4 is 10.4 Å². The van der Waals surface area contributed by atoms with E-state index in [1.807, 2.05) is 12.4 Å². The second kappa shape index (κ2) is 5.97. The zero-order chi connectivity index (χ0) is 18.7. The number of nitrogens with zero attached hydrogens (tertiary/aromatic N) is 2. The van der Waals surface area contributed by atoms with Gasteiger partial charge in [-0.1, -0.05) is 0 Å². The zero-order valence-electron chi connectivity index (χ0n) is 16.5. The van der Waals surface area contributed by atoms with Gasteiger partial charge in [-0.05, 0) is 47.6 Å². The quantitative estimate of drug-likeness (QED) is 0.837. The molecule has 0 spiro atoms. The molecule has 4 rings (SSSR count). The Bertz CT molecular complexity index is 793. The minimum Gasteiger partial charge on any atom is -0.399 e. The van der Waals surface area contributed by atoms with Crippen molar-refractivity contribution < 1.29 is 14.0 Å². The van der Waals surface area contributed by atoms with Crippen molar-refractivity contribution in [2.24, 2.45) is 0 Å². The summed E-state index contributed by atoms with van der Waals surface area (Å²) in [5.41, 5.74) is 2.25. The van der Waals surface area contributed by atoms with E-state index in [1.165, 1.54) is 0 Å². The number of morpholine rings is 1. The third-order valence-corrected chi connectivity index (χ3v) is 5.84. The molecule has 7 heteroatoms. The van der Waals surface area contributed by atoms with E-state index in [2.05, 4.69) is 62.5 Å². The molecule has 2 aromatic heterocycles. The summed E-state index contributed by atoms with van der Waals surface area (Å²) in [6.45, 7) is 14.2. The largest absolute Gasteiger partial charge is 0.497 e. The van der Waals surface area contributed by atoms with Crippen LogP contribution in [0.2, 0.25) is 0 Å². The number of rotatable bonds is 2. The van der Waals surface area contributed by atoms with Gasteiger partial charge in [0.2, 0.25) is 0 Å². The standard InChI is InChI=1S/C19H28BN3O3/c1-12-10-23(11-13(2)24-12)14-7-15-16(9-22-17(15)21-8-14)20-25-18(3,4)19(5,6)26-20/h7-9,12-13H,10-11H2,1-6H3,(H,21,22)/t12-,13+. The molecule has 0 bridgehead atoms. The Morgan fingerprint density at radius 2 is 1.73 bits per heavy atom. The first-order valence-corrected chi connectivity index (χ1v) is 9.39. The summed E-state index contributed by atoms with van der Waals surface area (Å²) in [5.74, 6) is 0. The predicted molar refractivity (Wildman–Crippen MR) is 104 cm³/mol. The minimum absolute atomic E-state index is 0.211. The Labute approximate surface area is 155 Å². The summed E-state index contributed by atoms with van der Waals surface area (Å²) in [6, 6.07) is 2.18. The highest BCUT2D eigenvalue weighted by Gasteiger charge is 2.52. The summed E-state index contributed by atoms with van der Waals surface area (Å²) in [6.07, 6.45) is 4.30. The van der Waals surface area contributed by atoms with Crippen molar-refractivity contribution >= 4 is 29.3 Å². The van der Waals surface area contributed by atoms with Crippen molar-refractivity contribution in [1.82, 2.24) is 9.97 Å². The first-order valence-electron chi connectivity index (χ1n) is 9.39. The van der Waals surface area contributed by atoms with Crippen LogP contribution in [0.3, 0.4) is 0 Å². The van der Waals surface area contributed by atoms with Gasteiger partial charge in [0.1, 0.15) is 5.65 Å². The maximum absolute atomic E-state index is 6.23. The third kappa shape index (κ3) is 2.92. The van der Waals surface area contributed by atoms with E-state index >= 15 is 0 Å². The van der Waals surface area contributed by atoms with Crippen LogP contribution in [0, 0.1) is 0 Å². The number of hydrogen-bond acceptors (Lipinski definition) is 5. The molecule has 2 aromatic rings. The van der Waals surface area contributed by atoms with Crippen LogP contribution in [-0.4, -0.2) is 53.6 Å². The van der Waals surface area contributed by atoms with Gasteiger partial charge in [0, 0.05) is 30.1 Å². The van der Waals surface area contributed by atoms with Gasteiger partial charge in [-0.25, -0.2) is 4.98 Å². The molecule has 26 heavy (non-hydrogen) atoms. The molecule has 0 amide bonds. The summed E-state index contributed by atoms with van der Waals surface area (Å²) in [7, 11) is -0.395. The van der Waals surface area contributed by atoms with E-state index in [-0.39, 0.29) is 23.4 Å². The molecular formula is C19H28BN3O3. The topological polar surface area (TPSA) is 59.6 Å². The molecule has 0 aliphatic carbocycles. The number of aromatic amines is 1. The van der Waals surface area contributed by atoms with Gasteiger partial charge in [-0.2, -0.15) is 0 Å². The summed E-state index contributed by atoms with van der Waals surface area (Å²) < 4.78 is 18.3. The molecule has 0 aromatic carbocycles. The van der Waals surface area contributed by atoms with Crippen LogP contribution in [-0.2, 0) is 14.0 Å². The van der Waals surface area contributed by atoms with Gasteiger partial charge in [-0.3, -0.25) is 0 Å². The third-order valence-electron chi connectivity index (χ3n) is 5.84. The second-order valence-corrected chi connectivity index (χ2v) is 8.58. The second-order valence-electron chi connectivity index (χ2n) is 8.58. The first-order chi connectivity index (χ1) is 12.2. The molecule has 2 fully saturated rings. The van der Waals surface area contributed by atoms with Crippen LogP contribution in [0.25, 0.3) is 11.0 Å². The van der Waals surface area contributed by atoms with Crippen molar-refractivity contribution in [3.8, 4) is 0 Å². The number of anilines is 1. The fourth-order valence-electron chi connectivity index (χ4n) is 3.74. The average molecular weight is 357 g/mol. The highest BCUT2D eigenvalue weighted by Crippen LogP contribution is 2.37. The molecule has 2 atom stereocenters. The molecular weight excluding hydrogens is 329 g/mol. The number of nitrogens with one attached hydrogen (secondary N) is 1. The number of pyridine rings is 1. The maximum Gasteiger partial charge on any atom is 0.497 e. The molecule has 0 saturated carbocycles. The molecule has 2 saturated heterocycles. The maximum atomic E-state index is 6.23. The molecule has 6 nitrogen and oxygen atoms in total. The van der Waals surface area contributed by atoms with E-state index in [1.54, 1.807) is 0 Å². The van der Waals surface area contributed by atoms with Crippen LogP contribution in [0.15, 0.2) is 18.5 Å². The van der Waals surface area contributed by atoms with Crippen LogP contribution in [0.4, 0.5) is 5.69 Å². The van der Waals surface area contributed by atoms with Crippen molar-refractivity contribution in [3.05, 3.63) is 18.5 Å². The van der Waals surface area contributed by atoms with Gasteiger partial charge in [-0.15, -0.1) is 0 Å². The van der Waals surface area contributed by atoms with Crippen LogP contribution in [0.5, 0.6) is 0 Å². The van der Waals surface area contributed by atoms with Gasteiger partial charge in [0.05, 0.1) is 35.3 Å². The smallest absolute Gasteiger partial charge is 0.399 e. The molecule has 2 aliphatic heterocycles. The predicted octanol–water partition coefficient (Wildman–Crippen LogP) is 2.48. The van der Waals surface area contributed by atoms with Crippen molar-refractivity contribution in [2.45, 2.75) is 65.0 Å². The van der Waals surface area contributed by atoms with Crippen LogP contribution in [0.1, 0.15) is 41.5 Å². The Morgan fingerprint density at radius 1 is 1.12 bits per heavy atom. The summed E-state index contributed by atoms with van der Waals surface area (Å²) in [4.78, 5) is 10.2. The number of fused-ring (bicyclic) bond motifs is 1. The number of aromatic nitrogens is 2. The van der Waals surface area contributed by atoms with Gasteiger partial charge >= 0.3 is 7.12 Å². The fraction of sp³-hybridized carbons (Fsp3) is 0.632. The minimum atomic E-state index is -0.395. The van der Waals surface area contributed by atoms with Gasteiger partial charge in [0.25, 0.3) is 0 Å². The number of H-pyrrole nitrogens is 1. The monoisotopic (exact) mass is 357 g/mol. The fourth-order valence-corrected chi connectivity index (χ4v) is 3.74. The van der Waals surface area contributed by atoms with Crippen molar-refractivity contribution in [2.75, 3.05) is 18.0 Å². The van der Waals surface area contributed by atoms with Crippen LogP contribution >= 0.6 is 0 Å². The summed E-state index contributed by atoms with van der Waals surface area (Å²) >= 11 is 0. The first kappa shape index (κ1) is 17.8. The molecule has 1 N–H and O–H groups in total. The lowest BCUT2D eigenvalue weighted by molar-refractivity contribution is -0.00522. The van der Waals surface area contributed by atoms with Gasteiger partial charge in [0.15, 0.2) is 0 Å². The normalized spacial score (nSPS) is 28.1. The lowest BCUT2D eigenvalue weighted by Gasteiger charge is -2.36. The van der Waals surface area contributed by atoms with E-state index in [9.17, 15) is 0 Å². The zero-order valence-corrected chi connectivity index (χ0v) is 16.5.